The number of ketones is 1. The van der Waals surface area contributed by atoms with E-state index in [-0.39, 0.29) is 5.78 Å². The third-order valence-corrected chi connectivity index (χ3v) is 3.05. The Morgan fingerprint density at radius 1 is 1.19 bits per heavy atom. The van der Waals surface area contributed by atoms with Crippen molar-refractivity contribution in [3.63, 3.8) is 0 Å². The van der Waals surface area contributed by atoms with Gasteiger partial charge in [-0.2, -0.15) is 0 Å². The van der Waals surface area contributed by atoms with E-state index in [9.17, 15) is 13.6 Å². The number of hydrogen-bond acceptors (Lipinski definition) is 1. The molecule has 0 spiro atoms. The van der Waals surface area contributed by atoms with E-state index in [1.165, 1.54) is 18.2 Å². The zero-order valence-corrected chi connectivity index (χ0v) is 8.97. The maximum atomic E-state index is 13.1. The maximum Gasteiger partial charge on any atom is 0.155 e. The lowest BCUT2D eigenvalue weighted by Crippen LogP contribution is -2.24. The van der Waals surface area contributed by atoms with Crippen molar-refractivity contribution in [2.75, 3.05) is 0 Å². The smallest absolute Gasteiger partial charge is 0.155 e. The Bertz CT molecular complexity index is 445. The van der Waals surface area contributed by atoms with Gasteiger partial charge in [-0.15, -0.1) is 0 Å². The summed E-state index contributed by atoms with van der Waals surface area (Å²) in [5.41, 5.74) is 0.130. The van der Waals surface area contributed by atoms with Crippen LogP contribution in [0.3, 0.4) is 0 Å². The van der Waals surface area contributed by atoms with Crippen molar-refractivity contribution in [2.24, 2.45) is 0 Å². The standard InChI is InChI=1S/C13H12F2O/c1-13(4-2-12(16)3-5-13)9-6-10(14)8-11(15)7-9/h2,4,6-8H,3,5H2,1H3. The molecule has 1 aromatic rings. The van der Waals surface area contributed by atoms with Crippen LogP contribution in [0.15, 0.2) is 30.4 Å². The number of rotatable bonds is 1. The van der Waals surface area contributed by atoms with E-state index < -0.39 is 17.0 Å². The minimum Gasteiger partial charge on any atom is -0.295 e. The molecule has 1 nitrogen and oxygen atoms in total. The molecule has 0 saturated carbocycles. The Kier molecular flexibility index (Phi) is 2.62. The van der Waals surface area contributed by atoms with Gasteiger partial charge >= 0.3 is 0 Å². The molecule has 0 radical (unpaired) electrons. The van der Waals surface area contributed by atoms with Crippen LogP contribution in [0, 0.1) is 11.6 Å². The molecular formula is C13H12F2O. The van der Waals surface area contributed by atoms with Crippen LogP contribution in [0.4, 0.5) is 8.78 Å². The van der Waals surface area contributed by atoms with Gasteiger partial charge in [0, 0.05) is 17.9 Å². The summed E-state index contributed by atoms with van der Waals surface area (Å²) in [5, 5.41) is 0. The summed E-state index contributed by atoms with van der Waals surface area (Å²) < 4.78 is 26.2. The molecule has 0 bridgehead atoms. The second kappa shape index (κ2) is 3.81. The molecular weight excluding hydrogens is 210 g/mol. The Morgan fingerprint density at radius 2 is 1.81 bits per heavy atom. The molecule has 2 rings (SSSR count). The molecule has 0 heterocycles. The fourth-order valence-corrected chi connectivity index (χ4v) is 1.95. The van der Waals surface area contributed by atoms with Crippen LogP contribution in [0.2, 0.25) is 0 Å². The zero-order chi connectivity index (χ0) is 11.8. The summed E-state index contributed by atoms with van der Waals surface area (Å²) in [6, 6.07) is 3.50. The molecule has 0 aliphatic heterocycles. The monoisotopic (exact) mass is 222 g/mol. The predicted octanol–water partition coefficient (Wildman–Crippen LogP) is 3.14. The maximum absolute atomic E-state index is 13.1. The van der Waals surface area contributed by atoms with E-state index in [0.29, 0.717) is 18.4 Å². The van der Waals surface area contributed by atoms with Gasteiger partial charge in [-0.25, -0.2) is 8.78 Å². The van der Waals surface area contributed by atoms with Crippen LogP contribution < -0.4 is 0 Å². The summed E-state index contributed by atoms with van der Waals surface area (Å²) in [7, 11) is 0. The molecule has 0 amide bonds. The van der Waals surface area contributed by atoms with Crippen molar-refractivity contribution in [1.82, 2.24) is 0 Å². The van der Waals surface area contributed by atoms with Gasteiger partial charge in [-0.3, -0.25) is 4.79 Å². The first-order valence-electron chi connectivity index (χ1n) is 5.18. The molecule has 1 aromatic carbocycles. The number of hydrogen-bond donors (Lipinski definition) is 0. The van der Waals surface area contributed by atoms with Gasteiger partial charge in [0.15, 0.2) is 5.78 Å². The lowest BCUT2D eigenvalue weighted by Gasteiger charge is -2.29. The average molecular weight is 222 g/mol. The van der Waals surface area contributed by atoms with Gasteiger partial charge in [0.1, 0.15) is 11.6 Å². The zero-order valence-electron chi connectivity index (χ0n) is 8.97. The quantitative estimate of drug-likeness (QED) is 0.713. The first-order valence-corrected chi connectivity index (χ1v) is 5.18. The SMILES string of the molecule is CC1(c2cc(F)cc(F)c2)C=CC(=O)CC1. The topological polar surface area (TPSA) is 17.1 Å². The fraction of sp³-hybridized carbons (Fsp3) is 0.308. The van der Waals surface area contributed by atoms with E-state index >= 15 is 0 Å². The van der Waals surface area contributed by atoms with Crippen LogP contribution in [-0.4, -0.2) is 5.78 Å². The summed E-state index contributed by atoms with van der Waals surface area (Å²) in [4.78, 5) is 11.1. The lowest BCUT2D eigenvalue weighted by molar-refractivity contribution is -0.115. The Morgan fingerprint density at radius 3 is 2.31 bits per heavy atom. The van der Waals surface area contributed by atoms with E-state index in [4.69, 9.17) is 0 Å². The molecule has 1 atom stereocenters. The third kappa shape index (κ3) is 2.03. The van der Waals surface area contributed by atoms with Crippen molar-refractivity contribution < 1.29 is 13.6 Å². The first kappa shape index (κ1) is 11.0. The van der Waals surface area contributed by atoms with E-state index in [0.717, 1.165) is 6.07 Å². The molecule has 0 aromatic heterocycles. The van der Waals surface area contributed by atoms with Crippen LogP contribution in [0.1, 0.15) is 25.3 Å². The lowest BCUT2D eigenvalue weighted by atomic mass is 9.75. The van der Waals surface area contributed by atoms with Crippen molar-refractivity contribution in [2.45, 2.75) is 25.2 Å². The normalized spacial score (nSPS) is 24.8. The van der Waals surface area contributed by atoms with E-state index in [1.54, 1.807) is 6.08 Å². The Hall–Kier alpha value is -1.51. The number of halogens is 2. The highest BCUT2D eigenvalue weighted by atomic mass is 19.1. The van der Waals surface area contributed by atoms with Crippen molar-refractivity contribution >= 4 is 5.78 Å². The highest BCUT2D eigenvalue weighted by molar-refractivity contribution is 5.91. The minimum atomic E-state index is -0.582. The molecule has 84 valence electrons. The van der Waals surface area contributed by atoms with Crippen LogP contribution in [-0.2, 0) is 10.2 Å². The van der Waals surface area contributed by atoms with Crippen molar-refractivity contribution in [3.05, 3.63) is 47.5 Å². The highest BCUT2D eigenvalue weighted by Crippen LogP contribution is 2.34. The molecule has 1 aliphatic carbocycles. The molecule has 0 N–H and O–H groups in total. The van der Waals surface area contributed by atoms with Crippen molar-refractivity contribution in [1.29, 1.82) is 0 Å². The highest BCUT2D eigenvalue weighted by Gasteiger charge is 2.28. The Balaban J connectivity index is 2.43. The second-order valence-corrected chi connectivity index (χ2v) is 4.38. The molecule has 0 saturated heterocycles. The number of carbonyl (C=O) groups excluding carboxylic acids is 1. The number of allylic oxidation sites excluding steroid dienone is 2. The van der Waals surface area contributed by atoms with Gasteiger partial charge in [0.2, 0.25) is 0 Å². The van der Waals surface area contributed by atoms with Gasteiger partial charge in [0.05, 0.1) is 0 Å². The van der Waals surface area contributed by atoms with Gasteiger partial charge < -0.3 is 0 Å². The largest absolute Gasteiger partial charge is 0.295 e. The van der Waals surface area contributed by atoms with E-state index in [2.05, 4.69) is 0 Å². The fourth-order valence-electron chi connectivity index (χ4n) is 1.95. The summed E-state index contributed by atoms with van der Waals surface area (Å²) in [5.74, 6) is -1.10. The Labute approximate surface area is 92.8 Å². The van der Waals surface area contributed by atoms with Crippen molar-refractivity contribution in [3.8, 4) is 0 Å². The van der Waals surface area contributed by atoms with E-state index in [1.807, 2.05) is 6.92 Å². The van der Waals surface area contributed by atoms with Gasteiger partial charge in [-0.05, 0) is 30.2 Å². The summed E-state index contributed by atoms with van der Waals surface area (Å²) in [6.45, 7) is 1.88. The predicted molar refractivity (Wildman–Crippen MR) is 57.1 cm³/mol. The van der Waals surface area contributed by atoms with Crippen LogP contribution >= 0.6 is 0 Å². The summed E-state index contributed by atoms with van der Waals surface area (Å²) in [6.07, 6.45) is 4.23. The van der Waals surface area contributed by atoms with Crippen LogP contribution in [0.25, 0.3) is 0 Å². The molecule has 3 heteroatoms. The van der Waals surface area contributed by atoms with Gasteiger partial charge in [-0.1, -0.05) is 13.0 Å². The second-order valence-electron chi connectivity index (χ2n) is 4.38. The molecule has 0 fully saturated rings. The molecule has 1 aliphatic rings. The molecule has 1 unspecified atom stereocenters. The molecule has 16 heavy (non-hydrogen) atoms. The van der Waals surface area contributed by atoms with Crippen LogP contribution in [0.5, 0.6) is 0 Å². The minimum absolute atomic E-state index is 0.0642. The number of carbonyl (C=O) groups is 1. The third-order valence-electron chi connectivity index (χ3n) is 3.05. The van der Waals surface area contributed by atoms with Gasteiger partial charge in [0.25, 0.3) is 0 Å². The summed E-state index contributed by atoms with van der Waals surface area (Å²) >= 11 is 0. The first-order chi connectivity index (χ1) is 7.49. The number of benzene rings is 1. The average Bonchev–Trinajstić information content (AvgIpc) is 2.21.